The maximum absolute atomic E-state index is 9.60. The van der Waals surface area contributed by atoms with Gasteiger partial charge in [0.15, 0.2) is 0 Å². The van der Waals surface area contributed by atoms with Crippen LogP contribution in [0.25, 0.3) is 10.4 Å². The van der Waals surface area contributed by atoms with Crippen molar-refractivity contribution >= 4 is 5.69 Å². The number of azide groups is 1. The average Bonchev–Trinajstić information content (AvgIpc) is 2.26. The van der Waals surface area contributed by atoms with E-state index in [9.17, 15) is 5.11 Å². The van der Waals surface area contributed by atoms with Crippen molar-refractivity contribution in [3.05, 3.63) is 40.3 Å². The van der Waals surface area contributed by atoms with Gasteiger partial charge in [-0.15, -0.1) is 0 Å². The molecule has 80 valence electrons. The lowest BCUT2D eigenvalue weighted by atomic mass is 10.1. The first-order valence-electron chi connectivity index (χ1n) is 4.61. The first-order chi connectivity index (χ1) is 7.15. The first kappa shape index (κ1) is 11.4. The quantitative estimate of drug-likeness (QED) is 0.465. The second-order valence-corrected chi connectivity index (χ2v) is 3.42. The highest BCUT2D eigenvalue weighted by atomic mass is 16.3. The Morgan fingerprint density at radius 2 is 2.00 bits per heavy atom. The van der Waals surface area contributed by atoms with Crippen molar-refractivity contribution in [1.82, 2.24) is 0 Å². The maximum atomic E-state index is 9.60. The van der Waals surface area contributed by atoms with Crippen LogP contribution in [0, 0.1) is 0 Å². The van der Waals surface area contributed by atoms with Crippen LogP contribution in [-0.2, 0) is 0 Å². The zero-order valence-electron chi connectivity index (χ0n) is 8.83. The van der Waals surface area contributed by atoms with Crippen molar-refractivity contribution in [2.45, 2.75) is 6.10 Å². The Morgan fingerprint density at radius 1 is 1.40 bits per heavy atom. The van der Waals surface area contributed by atoms with Gasteiger partial charge >= 0.3 is 0 Å². The van der Waals surface area contributed by atoms with Crippen LogP contribution in [0.2, 0.25) is 0 Å². The van der Waals surface area contributed by atoms with Crippen LogP contribution >= 0.6 is 0 Å². The van der Waals surface area contributed by atoms with Gasteiger partial charge in [-0.25, -0.2) is 0 Å². The number of nitrogens with zero attached hydrogens (tertiary/aromatic N) is 4. The Kier molecular flexibility index (Phi) is 3.97. The summed E-state index contributed by atoms with van der Waals surface area (Å²) < 4.78 is 0. The largest absolute Gasteiger partial charge is 0.388 e. The lowest BCUT2D eigenvalue weighted by molar-refractivity contribution is 0.187. The Labute approximate surface area is 88.6 Å². The summed E-state index contributed by atoms with van der Waals surface area (Å²) in [6.07, 6.45) is -0.725. The summed E-state index contributed by atoms with van der Waals surface area (Å²) in [5.41, 5.74) is 9.94. The van der Waals surface area contributed by atoms with Gasteiger partial charge in [0.1, 0.15) is 0 Å². The zero-order valence-corrected chi connectivity index (χ0v) is 8.83. The summed E-state index contributed by atoms with van der Waals surface area (Å²) >= 11 is 0. The molecule has 0 saturated carbocycles. The Balaban J connectivity index is 2.74. The lowest BCUT2D eigenvalue weighted by Crippen LogP contribution is -2.09. The van der Waals surface area contributed by atoms with Gasteiger partial charge in [-0.05, 0) is 23.2 Å². The molecule has 1 unspecified atom stereocenters. The van der Waals surface area contributed by atoms with E-state index in [1.807, 2.05) is 43.3 Å². The predicted molar refractivity (Wildman–Crippen MR) is 59.7 cm³/mol. The third-order valence-electron chi connectivity index (χ3n) is 2.11. The van der Waals surface area contributed by atoms with Gasteiger partial charge in [0.2, 0.25) is 0 Å². The summed E-state index contributed by atoms with van der Waals surface area (Å²) in [4.78, 5) is 4.58. The molecule has 5 nitrogen and oxygen atoms in total. The number of aliphatic hydroxyl groups excluding tert-OH is 1. The molecule has 1 aromatic carbocycles. The molecular formula is C10H14N4O. The molecule has 1 rings (SSSR count). The van der Waals surface area contributed by atoms with Gasteiger partial charge < -0.3 is 10.0 Å². The second-order valence-electron chi connectivity index (χ2n) is 3.42. The highest BCUT2D eigenvalue weighted by molar-refractivity contribution is 5.46. The van der Waals surface area contributed by atoms with Crippen LogP contribution in [0.3, 0.4) is 0 Å². The fraction of sp³-hybridized carbons (Fsp3) is 0.400. The van der Waals surface area contributed by atoms with E-state index in [2.05, 4.69) is 10.0 Å². The van der Waals surface area contributed by atoms with Gasteiger partial charge in [-0.3, -0.25) is 0 Å². The Bertz CT molecular complexity index is 354. The van der Waals surface area contributed by atoms with Gasteiger partial charge in [-0.2, -0.15) is 0 Å². The van der Waals surface area contributed by atoms with E-state index < -0.39 is 6.10 Å². The van der Waals surface area contributed by atoms with E-state index in [0.29, 0.717) is 0 Å². The number of anilines is 1. The summed E-state index contributed by atoms with van der Waals surface area (Å²) in [5.74, 6) is 0. The third-order valence-corrected chi connectivity index (χ3v) is 2.11. The van der Waals surface area contributed by atoms with Crippen molar-refractivity contribution < 1.29 is 5.11 Å². The SMILES string of the molecule is CN(C)c1ccc(C(O)CN=[N+]=[N-])cc1. The van der Waals surface area contributed by atoms with Gasteiger partial charge in [-0.1, -0.05) is 17.2 Å². The highest BCUT2D eigenvalue weighted by Gasteiger charge is 2.05. The third kappa shape index (κ3) is 3.16. The number of benzene rings is 1. The van der Waals surface area contributed by atoms with Gasteiger partial charge in [0.05, 0.1) is 12.6 Å². The normalized spacial score (nSPS) is 11.7. The standard InChI is InChI=1S/C10H14N4O/c1-14(2)9-5-3-8(4-6-9)10(15)7-12-13-11/h3-6,10,15H,7H2,1-2H3. The molecule has 0 aliphatic heterocycles. The van der Waals surface area contributed by atoms with Gasteiger partial charge in [0.25, 0.3) is 0 Å². The van der Waals surface area contributed by atoms with Crippen LogP contribution in [0.1, 0.15) is 11.7 Å². The van der Waals surface area contributed by atoms with Crippen molar-refractivity contribution in [2.75, 3.05) is 25.5 Å². The van der Waals surface area contributed by atoms with Crippen molar-refractivity contribution in [3.63, 3.8) is 0 Å². The Hall–Kier alpha value is -1.71. The summed E-state index contributed by atoms with van der Waals surface area (Å²) in [7, 11) is 3.90. The number of hydrogen-bond acceptors (Lipinski definition) is 3. The molecule has 15 heavy (non-hydrogen) atoms. The van der Waals surface area contributed by atoms with Crippen LogP contribution in [-0.4, -0.2) is 25.7 Å². The van der Waals surface area contributed by atoms with E-state index in [4.69, 9.17) is 5.53 Å². The second kappa shape index (κ2) is 5.24. The summed E-state index contributed by atoms with van der Waals surface area (Å²) in [5, 5.41) is 12.9. The van der Waals surface area contributed by atoms with E-state index in [-0.39, 0.29) is 6.54 Å². The molecule has 5 heteroatoms. The summed E-state index contributed by atoms with van der Waals surface area (Å²) in [6, 6.07) is 7.48. The molecule has 0 radical (unpaired) electrons. The number of rotatable bonds is 4. The average molecular weight is 206 g/mol. The smallest absolute Gasteiger partial charge is 0.0846 e. The van der Waals surface area contributed by atoms with Crippen molar-refractivity contribution in [2.24, 2.45) is 5.11 Å². The summed E-state index contributed by atoms with van der Waals surface area (Å²) in [6.45, 7) is 0.0673. The van der Waals surface area contributed by atoms with E-state index >= 15 is 0 Å². The molecule has 0 spiro atoms. The van der Waals surface area contributed by atoms with E-state index in [0.717, 1.165) is 11.3 Å². The maximum Gasteiger partial charge on any atom is 0.0846 e. The molecule has 0 aliphatic carbocycles. The highest BCUT2D eigenvalue weighted by Crippen LogP contribution is 2.17. The Morgan fingerprint density at radius 3 is 2.47 bits per heavy atom. The number of aliphatic hydroxyl groups is 1. The molecule has 1 N–H and O–H groups in total. The topological polar surface area (TPSA) is 72.2 Å². The molecule has 0 amide bonds. The minimum Gasteiger partial charge on any atom is -0.388 e. The van der Waals surface area contributed by atoms with Crippen molar-refractivity contribution in [1.29, 1.82) is 0 Å². The molecule has 0 bridgehead atoms. The van der Waals surface area contributed by atoms with Crippen LogP contribution in [0.5, 0.6) is 0 Å². The van der Waals surface area contributed by atoms with Crippen molar-refractivity contribution in [3.8, 4) is 0 Å². The lowest BCUT2D eigenvalue weighted by Gasteiger charge is -2.14. The monoisotopic (exact) mass is 206 g/mol. The molecule has 1 aromatic rings. The molecule has 0 aromatic heterocycles. The minimum absolute atomic E-state index is 0.0673. The molecule has 1 atom stereocenters. The zero-order chi connectivity index (χ0) is 11.3. The molecule has 0 fully saturated rings. The van der Waals surface area contributed by atoms with Crippen LogP contribution < -0.4 is 4.90 Å². The van der Waals surface area contributed by atoms with Gasteiger partial charge in [0, 0.05) is 24.7 Å². The number of hydrogen-bond donors (Lipinski definition) is 1. The molecule has 0 aliphatic rings. The van der Waals surface area contributed by atoms with E-state index in [1.165, 1.54) is 0 Å². The fourth-order valence-electron chi connectivity index (χ4n) is 1.21. The minimum atomic E-state index is -0.725. The molecule has 0 saturated heterocycles. The molecule has 0 heterocycles. The van der Waals surface area contributed by atoms with Crippen LogP contribution in [0.15, 0.2) is 29.4 Å². The fourth-order valence-corrected chi connectivity index (χ4v) is 1.21. The van der Waals surface area contributed by atoms with E-state index in [1.54, 1.807) is 0 Å². The molecular weight excluding hydrogens is 192 g/mol. The first-order valence-corrected chi connectivity index (χ1v) is 4.61. The van der Waals surface area contributed by atoms with Crippen LogP contribution in [0.4, 0.5) is 5.69 Å². The predicted octanol–water partition coefficient (Wildman–Crippen LogP) is 2.10.